The Balaban J connectivity index is 0.790. The van der Waals surface area contributed by atoms with E-state index in [2.05, 4.69) is 72.4 Å². The van der Waals surface area contributed by atoms with Crippen LogP contribution in [0.25, 0.3) is 44.1 Å². The van der Waals surface area contributed by atoms with Crippen molar-refractivity contribution in [2.45, 2.75) is 39.2 Å². The molecule has 0 bridgehead atoms. The molecule has 18 N–H and O–H groups in total. The molecule has 4 heterocycles. The highest BCUT2D eigenvalue weighted by Crippen LogP contribution is 2.49. The fourth-order valence-electron chi connectivity index (χ4n) is 15.4. The first kappa shape index (κ1) is 97.0. The highest BCUT2D eigenvalue weighted by molar-refractivity contribution is 7.88. The topological polar surface area (TPSA) is 795 Å². The van der Waals surface area contributed by atoms with E-state index in [1.54, 1.807) is 0 Å². The van der Waals surface area contributed by atoms with Crippen LogP contribution in [0.15, 0.2) is 231 Å². The van der Waals surface area contributed by atoms with Crippen LogP contribution < -0.4 is 53.7 Å². The van der Waals surface area contributed by atoms with E-state index in [1.807, 2.05) is 0 Å². The van der Waals surface area contributed by atoms with E-state index in [0.717, 1.165) is 75.9 Å². The van der Waals surface area contributed by atoms with E-state index in [9.17, 15) is 143 Å². The summed E-state index contributed by atoms with van der Waals surface area (Å²) in [7, 11) is -41.0. The molecule has 140 heavy (non-hydrogen) atoms. The van der Waals surface area contributed by atoms with Gasteiger partial charge in [0.15, 0.2) is 23.1 Å². The summed E-state index contributed by atoms with van der Waals surface area (Å²) < 4.78 is 293. The van der Waals surface area contributed by atoms with Crippen LogP contribution in [0.1, 0.15) is 84.4 Å². The molecule has 58 heteroatoms. The molecule has 0 fully saturated rings. The molecule has 50 nitrogen and oxygen atoms in total. The number of rotatable bonds is 31. The minimum Gasteiger partial charge on any atom is -0.478 e. The Morgan fingerprint density at radius 2 is 0.607 bits per heavy atom. The van der Waals surface area contributed by atoms with E-state index < -0.39 is 305 Å². The zero-order valence-electron chi connectivity index (χ0n) is 69.8. The summed E-state index contributed by atoms with van der Waals surface area (Å²) in [5.74, 6) is -12.7. The van der Waals surface area contributed by atoms with Crippen molar-refractivity contribution in [3.05, 3.63) is 258 Å². The van der Waals surface area contributed by atoms with Gasteiger partial charge in [-0.1, -0.05) is 72.8 Å². The summed E-state index contributed by atoms with van der Waals surface area (Å²) in [4.78, 5) is 131. The number of carbonyl (C=O) groups is 6. The molecule has 0 unspecified atom stereocenters. The molecule has 0 aliphatic heterocycles. The lowest BCUT2D eigenvalue weighted by Gasteiger charge is -2.26. The number of ketones is 4. The Labute approximate surface area is 785 Å². The van der Waals surface area contributed by atoms with E-state index in [4.69, 9.17) is 0 Å². The monoisotopic (exact) mass is 2070 g/mol. The van der Waals surface area contributed by atoms with Gasteiger partial charge in [-0.3, -0.25) is 65.2 Å². The number of carboxylic acid groups (broad SMARTS) is 2. The Morgan fingerprint density at radius 1 is 0.293 bits per heavy atom. The molecule has 718 valence electrons. The van der Waals surface area contributed by atoms with Gasteiger partial charge in [0.25, 0.3) is 92.1 Å². The Bertz CT molecular complexity index is 9150. The van der Waals surface area contributed by atoms with Crippen molar-refractivity contribution in [3.8, 4) is 22.3 Å². The van der Waals surface area contributed by atoms with Gasteiger partial charge in [0.1, 0.15) is 19.6 Å². The summed E-state index contributed by atoms with van der Waals surface area (Å²) in [6.45, 7) is -1.22. The fraction of sp³-hybridized carbons (Fsp3) is 0.0488. The molecule has 16 rings (SSSR count). The second kappa shape index (κ2) is 35.2. The number of carboxylic acids is 2. The van der Waals surface area contributed by atoms with Crippen LogP contribution in [0.4, 0.5) is 81.2 Å². The molecule has 0 saturated heterocycles. The largest absolute Gasteiger partial charge is 0.478 e. The SMILES string of the molecule is Cn1c(=O)c(C(=O)c2cccc(S(=O)(=O)O)c2)c2c3c(c(Nc4cc(Nc5nc(NCCNc6nc(Nc7ccc(S(=O)(=O)O)cc7C(=O)O)nc(Nc7cc(Nc8ccc9c%10c8C(=O)c8ccccc8-c%10c(C(=O)c8cccc(S(=O)(=O)O)c8)c(=O)n9C)c(S(=O)(=O)O)cc7S(=O)(=O)O)n6)nc(Nc6cc(S(=O)(=O)O)ccc6C(=O)O)n5)c(S(=O)(=O)O)cc4S(=O)(=O)O)ccc31)C(=O)c1ccccc1-2. The quantitative estimate of drug-likeness (QED) is 0.0111. The summed E-state index contributed by atoms with van der Waals surface area (Å²) in [5, 5.41) is 40.7. The van der Waals surface area contributed by atoms with Crippen LogP contribution in [0.5, 0.6) is 0 Å². The van der Waals surface area contributed by atoms with Crippen molar-refractivity contribution in [1.29, 1.82) is 0 Å². The average molecular weight is 2070 g/mol. The van der Waals surface area contributed by atoms with Gasteiger partial charge in [0.2, 0.25) is 35.7 Å². The maximum Gasteiger partial charge on any atom is 0.337 e. The standard InChI is InChI=1S/C82H58N16O34S8/c1-97-55-23-21-48(63-65(55)61(41-13-3-5-15-43(41)71(63)101)67(73(97)103)69(99)35-9-7-11-37(27-35)133(109,110)111)85-51-31-53(59(139(127,128)129)33-57(51)137(121,122)123)89-81-93-77(91-79(95-81)87-47-20-18-39(135(115,116)117)29-46(47)76(107)108)83-25-26-84-78-92-80(88-50-30-40(136(118,119)120)17-19-45(50)75(105)106)96-82(94-78)90-54-32-52(58(138(124,125)126)34-60(54)140(130,131)132)86-49-22-24-56-66-62(42-14-4-6-16-44(42)72(102)64(49)66)68(74(104)98(56)2)70(100)36-10-8-12-38(28-36)134(112,113)114/h3-24,27-34,85-86H,25-26H2,1-2H3,(H,105,106)(H,107,108)(H,109,110,111)(H,112,113,114)(H,115,116,117)(H,118,119,120)(H,121,122,123)(H,124,125,126)(H,127,128,129)(H,130,131,132)(H3,83,87,89,91,93,95)(H3,84,88,90,92,94,96). The van der Waals surface area contributed by atoms with Crippen LogP contribution in [0.3, 0.4) is 0 Å². The summed E-state index contributed by atoms with van der Waals surface area (Å²) >= 11 is 0. The van der Waals surface area contributed by atoms with Crippen molar-refractivity contribution < 1.29 is 143 Å². The molecule has 0 atom stereocenters. The summed E-state index contributed by atoms with van der Waals surface area (Å²) in [6, 6.07) is 28.9. The number of aromatic nitrogens is 8. The van der Waals surface area contributed by atoms with Crippen molar-refractivity contribution in [2.24, 2.45) is 14.1 Å². The van der Waals surface area contributed by atoms with Crippen molar-refractivity contribution in [2.75, 3.05) is 55.6 Å². The number of anilines is 14. The summed E-state index contributed by atoms with van der Waals surface area (Å²) in [6.07, 6.45) is 0. The zero-order chi connectivity index (χ0) is 101. The van der Waals surface area contributed by atoms with Crippen LogP contribution in [-0.2, 0) is 95.0 Å². The molecule has 2 aliphatic rings. The minimum atomic E-state index is -5.81. The Morgan fingerprint density at radius 3 is 0.964 bits per heavy atom. The van der Waals surface area contributed by atoms with Crippen molar-refractivity contribution in [1.82, 2.24) is 39.0 Å². The normalized spacial score (nSPS) is 12.7. The molecule has 4 aromatic heterocycles. The smallest absolute Gasteiger partial charge is 0.337 e. The van der Waals surface area contributed by atoms with E-state index in [-0.39, 0.29) is 67.3 Å². The van der Waals surface area contributed by atoms with Crippen LogP contribution in [-0.4, -0.2) is 201 Å². The third-order valence-corrected chi connectivity index (χ3v) is 28.5. The maximum absolute atomic E-state index is 15.1. The predicted octanol–water partition coefficient (Wildman–Crippen LogP) is 8.00. The lowest BCUT2D eigenvalue weighted by Crippen LogP contribution is -2.29. The number of hydrogen-bond donors (Lipinski definition) is 18. The molecular formula is C82H58N16O34S8. The fourth-order valence-corrected chi connectivity index (χ4v) is 20.3. The lowest BCUT2D eigenvalue weighted by atomic mass is 9.80. The average Bonchev–Trinajstić information content (AvgIpc) is 0.706. The van der Waals surface area contributed by atoms with Crippen molar-refractivity contribution in [3.63, 3.8) is 0 Å². The van der Waals surface area contributed by atoms with Crippen molar-refractivity contribution >= 4 is 219 Å². The van der Waals surface area contributed by atoms with Crippen LogP contribution >= 0.6 is 0 Å². The highest BCUT2D eigenvalue weighted by atomic mass is 32.2. The first-order chi connectivity index (χ1) is 65.4. The molecule has 0 amide bonds. The molecule has 0 saturated carbocycles. The molecule has 0 spiro atoms. The number of pyridine rings is 2. The number of hydrogen-bond acceptors (Lipinski definition) is 38. The van der Waals surface area contributed by atoms with Gasteiger partial charge >= 0.3 is 11.9 Å². The minimum absolute atomic E-state index is 0.0334. The molecule has 2 aliphatic carbocycles. The molecular weight excluding hydrogens is 2010 g/mol. The Hall–Kier alpha value is -16.1. The number of aryl methyl sites for hydroxylation is 2. The zero-order valence-corrected chi connectivity index (χ0v) is 76.4. The van der Waals surface area contributed by atoms with Gasteiger partial charge in [-0.2, -0.15) is 97.2 Å². The second-order valence-electron chi connectivity index (χ2n) is 30.2. The first-order valence-corrected chi connectivity index (χ1v) is 50.4. The highest BCUT2D eigenvalue weighted by Gasteiger charge is 2.40. The van der Waals surface area contributed by atoms with Gasteiger partial charge in [-0.15, -0.1) is 0 Å². The molecule has 0 radical (unpaired) electrons. The van der Waals surface area contributed by atoms with E-state index in [1.165, 1.54) is 74.8 Å². The van der Waals surface area contributed by atoms with Gasteiger partial charge in [0.05, 0.1) is 109 Å². The van der Waals surface area contributed by atoms with E-state index >= 15 is 9.59 Å². The second-order valence-corrected chi connectivity index (χ2v) is 41.4. The van der Waals surface area contributed by atoms with Crippen LogP contribution in [0.2, 0.25) is 0 Å². The van der Waals surface area contributed by atoms with Gasteiger partial charge < -0.3 is 61.9 Å². The van der Waals surface area contributed by atoms with Gasteiger partial charge in [-0.25, -0.2) is 9.59 Å². The maximum atomic E-state index is 15.1. The molecule has 10 aromatic carbocycles. The number of nitrogens with zero attached hydrogens (tertiary/aromatic N) is 8. The van der Waals surface area contributed by atoms with Gasteiger partial charge in [0, 0.05) is 71.3 Å². The number of nitrogens with one attached hydrogen (secondary N) is 8. The van der Waals surface area contributed by atoms with Crippen LogP contribution in [0, 0.1) is 0 Å². The number of benzene rings is 10. The first-order valence-electron chi connectivity index (χ1n) is 38.9. The number of carbonyl (C=O) groups excluding carboxylic acids is 4. The third kappa shape index (κ3) is 18.7. The lowest BCUT2D eigenvalue weighted by molar-refractivity contribution is 0.0687. The number of fused-ring (bicyclic) bond motifs is 4. The third-order valence-electron chi connectivity index (χ3n) is 21.5. The predicted molar refractivity (Wildman–Crippen MR) is 490 cm³/mol. The Kier molecular flexibility index (Phi) is 24.4. The molecule has 14 aromatic rings. The van der Waals surface area contributed by atoms with E-state index in [0.29, 0.717) is 42.5 Å². The summed E-state index contributed by atoms with van der Waals surface area (Å²) in [5.41, 5.74) is -13.9. The number of aromatic carboxylic acids is 2. The van der Waals surface area contributed by atoms with Gasteiger partial charge in [-0.05, 0) is 120 Å².